The van der Waals surface area contributed by atoms with Gasteiger partial charge in [-0.2, -0.15) is 10.4 Å². The molecule has 7 nitrogen and oxygen atoms in total. The molecule has 8 heteroatoms. The van der Waals surface area contributed by atoms with Crippen LogP contribution in [-0.2, 0) is 6.42 Å². The Hall–Kier alpha value is -3.83. The molecule has 0 spiro atoms. The second-order valence-electron chi connectivity index (χ2n) is 6.82. The van der Waals surface area contributed by atoms with Gasteiger partial charge in [0.15, 0.2) is 10.9 Å². The predicted molar refractivity (Wildman–Crippen MR) is 115 cm³/mol. The van der Waals surface area contributed by atoms with Crippen molar-refractivity contribution in [2.45, 2.75) is 20.3 Å². The highest BCUT2D eigenvalue weighted by atomic mass is 32.1. The van der Waals surface area contributed by atoms with E-state index in [0.29, 0.717) is 28.5 Å². The van der Waals surface area contributed by atoms with Crippen molar-refractivity contribution in [2.75, 3.05) is 5.32 Å². The largest absolute Gasteiger partial charge is 0.298 e. The first-order valence-electron chi connectivity index (χ1n) is 9.26. The Bertz CT molecular complexity index is 1230. The summed E-state index contributed by atoms with van der Waals surface area (Å²) in [5.41, 5.74) is 4.06. The van der Waals surface area contributed by atoms with E-state index in [1.165, 1.54) is 17.5 Å². The van der Waals surface area contributed by atoms with Crippen LogP contribution in [0.1, 0.15) is 37.7 Å². The van der Waals surface area contributed by atoms with E-state index >= 15 is 0 Å². The SMILES string of the molecule is Cc1cc(C)n(-c2ccc(C(=O)Nc3ncc(Cc4ccc(C#N)cc4)s3)cn2)n1. The van der Waals surface area contributed by atoms with E-state index in [9.17, 15) is 4.79 Å². The van der Waals surface area contributed by atoms with Crippen molar-refractivity contribution < 1.29 is 4.79 Å². The van der Waals surface area contributed by atoms with E-state index in [0.717, 1.165) is 21.8 Å². The van der Waals surface area contributed by atoms with Crippen molar-refractivity contribution in [3.8, 4) is 11.9 Å². The number of nitrogens with one attached hydrogen (secondary N) is 1. The minimum atomic E-state index is -0.262. The molecule has 4 aromatic rings. The number of carbonyl (C=O) groups excluding carboxylic acids is 1. The zero-order valence-corrected chi connectivity index (χ0v) is 17.3. The number of aromatic nitrogens is 4. The van der Waals surface area contributed by atoms with E-state index in [1.807, 2.05) is 32.0 Å². The molecule has 0 unspecified atom stereocenters. The average molecular weight is 414 g/mol. The second kappa shape index (κ2) is 8.27. The van der Waals surface area contributed by atoms with Crippen LogP contribution in [0.5, 0.6) is 0 Å². The maximum absolute atomic E-state index is 12.5. The number of pyridine rings is 1. The van der Waals surface area contributed by atoms with Crippen LogP contribution < -0.4 is 5.32 Å². The van der Waals surface area contributed by atoms with Gasteiger partial charge in [0.2, 0.25) is 0 Å². The zero-order valence-electron chi connectivity index (χ0n) is 16.5. The van der Waals surface area contributed by atoms with Crippen molar-refractivity contribution in [2.24, 2.45) is 0 Å². The number of hydrogen-bond acceptors (Lipinski definition) is 6. The Morgan fingerprint density at radius 3 is 2.57 bits per heavy atom. The number of benzene rings is 1. The summed E-state index contributed by atoms with van der Waals surface area (Å²) in [5, 5.41) is 16.6. The Kier molecular flexibility index (Phi) is 5.37. The van der Waals surface area contributed by atoms with Crippen molar-refractivity contribution in [1.29, 1.82) is 5.26 Å². The molecule has 0 saturated carbocycles. The lowest BCUT2D eigenvalue weighted by Crippen LogP contribution is -2.12. The first-order chi connectivity index (χ1) is 14.5. The number of aryl methyl sites for hydroxylation is 2. The van der Waals surface area contributed by atoms with Crippen LogP contribution in [0.25, 0.3) is 5.82 Å². The van der Waals surface area contributed by atoms with Gasteiger partial charge in [0.25, 0.3) is 5.91 Å². The molecule has 0 aliphatic rings. The summed E-state index contributed by atoms with van der Waals surface area (Å²) < 4.78 is 1.74. The van der Waals surface area contributed by atoms with Gasteiger partial charge in [-0.05, 0) is 49.7 Å². The number of nitriles is 1. The maximum Gasteiger partial charge on any atom is 0.259 e. The summed E-state index contributed by atoms with van der Waals surface area (Å²) in [5.74, 6) is 0.401. The van der Waals surface area contributed by atoms with Crippen molar-refractivity contribution in [1.82, 2.24) is 19.7 Å². The van der Waals surface area contributed by atoms with Crippen molar-refractivity contribution >= 4 is 22.4 Å². The lowest BCUT2D eigenvalue weighted by Gasteiger charge is -2.05. The smallest absolute Gasteiger partial charge is 0.259 e. The van der Waals surface area contributed by atoms with E-state index in [4.69, 9.17) is 5.26 Å². The molecule has 1 aromatic carbocycles. The van der Waals surface area contributed by atoms with E-state index in [-0.39, 0.29) is 5.91 Å². The average Bonchev–Trinajstić information content (AvgIpc) is 3.33. The highest BCUT2D eigenvalue weighted by Gasteiger charge is 2.12. The number of hydrogen-bond donors (Lipinski definition) is 1. The molecule has 0 aliphatic carbocycles. The summed E-state index contributed by atoms with van der Waals surface area (Å²) in [6.07, 6.45) is 3.98. The highest BCUT2D eigenvalue weighted by Crippen LogP contribution is 2.22. The van der Waals surface area contributed by atoms with Crippen LogP contribution in [0.15, 0.2) is 54.9 Å². The molecule has 30 heavy (non-hydrogen) atoms. The molecule has 3 heterocycles. The van der Waals surface area contributed by atoms with Gasteiger partial charge >= 0.3 is 0 Å². The number of anilines is 1. The summed E-state index contributed by atoms with van der Waals surface area (Å²) >= 11 is 1.42. The number of rotatable bonds is 5. The zero-order chi connectivity index (χ0) is 21.1. The molecule has 4 rings (SSSR count). The Morgan fingerprint density at radius 1 is 1.13 bits per heavy atom. The van der Waals surface area contributed by atoms with Crippen LogP contribution in [0, 0.1) is 25.2 Å². The van der Waals surface area contributed by atoms with Gasteiger partial charge in [-0.1, -0.05) is 12.1 Å². The van der Waals surface area contributed by atoms with Gasteiger partial charge < -0.3 is 0 Å². The van der Waals surface area contributed by atoms with E-state index < -0.39 is 0 Å². The Labute approximate surface area is 177 Å². The monoisotopic (exact) mass is 414 g/mol. The quantitative estimate of drug-likeness (QED) is 0.531. The fraction of sp³-hybridized carbons (Fsp3) is 0.136. The third kappa shape index (κ3) is 4.26. The molecule has 148 valence electrons. The van der Waals surface area contributed by atoms with Gasteiger partial charge in [-0.15, -0.1) is 11.3 Å². The van der Waals surface area contributed by atoms with Gasteiger partial charge in [0.1, 0.15) is 0 Å². The Morgan fingerprint density at radius 2 is 1.93 bits per heavy atom. The molecule has 3 aromatic heterocycles. The first kappa shape index (κ1) is 19.5. The molecule has 0 radical (unpaired) electrons. The topological polar surface area (TPSA) is 96.5 Å². The van der Waals surface area contributed by atoms with Crippen molar-refractivity contribution in [3.63, 3.8) is 0 Å². The maximum atomic E-state index is 12.5. The third-order valence-corrected chi connectivity index (χ3v) is 5.38. The predicted octanol–water partition coefficient (Wildman–Crippen LogP) is 4.06. The van der Waals surface area contributed by atoms with E-state index in [2.05, 4.69) is 26.5 Å². The van der Waals surface area contributed by atoms with Crippen LogP contribution in [0.2, 0.25) is 0 Å². The minimum Gasteiger partial charge on any atom is -0.298 e. The van der Waals surface area contributed by atoms with Gasteiger partial charge in [0, 0.05) is 29.4 Å². The van der Waals surface area contributed by atoms with Crippen LogP contribution in [0.3, 0.4) is 0 Å². The molecule has 0 fully saturated rings. The van der Waals surface area contributed by atoms with Gasteiger partial charge in [-0.3, -0.25) is 10.1 Å². The molecule has 0 saturated heterocycles. The van der Waals surface area contributed by atoms with Crippen LogP contribution in [0.4, 0.5) is 5.13 Å². The van der Waals surface area contributed by atoms with Crippen LogP contribution >= 0.6 is 11.3 Å². The number of carbonyl (C=O) groups is 1. The number of thiazole rings is 1. The standard InChI is InChI=1S/C22H18N6OS/c1-14-9-15(2)28(27-14)20-8-7-18(12-24-20)21(29)26-22-25-13-19(30-22)10-16-3-5-17(11-23)6-4-16/h3-9,12-13H,10H2,1-2H3,(H,25,26,29). The number of nitrogens with zero attached hydrogens (tertiary/aromatic N) is 5. The molecular weight excluding hydrogens is 396 g/mol. The number of amides is 1. The molecule has 0 aliphatic heterocycles. The molecule has 0 bridgehead atoms. The molecule has 1 N–H and O–H groups in total. The normalized spacial score (nSPS) is 10.6. The van der Waals surface area contributed by atoms with Crippen molar-refractivity contribution in [3.05, 3.63) is 87.8 Å². The Balaban J connectivity index is 1.41. The molecule has 1 amide bonds. The summed E-state index contributed by atoms with van der Waals surface area (Å²) in [6.45, 7) is 3.88. The highest BCUT2D eigenvalue weighted by molar-refractivity contribution is 7.15. The lowest BCUT2D eigenvalue weighted by atomic mass is 10.1. The molecular formula is C22H18N6OS. The first-order valence-corrected chi connectivity index (χ1v) is 10.1. The van der Waals surface area contributed by atoms with Gasteiger partial charge in [0.05, 0.1) is 22.9 Å². The van der Waals surface area contributed by atoms with Crippen LogP contribution in [-0.4, -0.2) is 25.7 Å². The summed E-state index contributed by atoms with van der Waals surface area (Å²) in [4.78, 5) is 22.2. The third-order valence-electron chi connectivity index (χ3n) is 4.47. The lowest BCUT2D eigenvalue weighted by molar-refractivity contribution is 0.102. The second-order valence-corrected chi connectivity index (χ2v) is 7.93. The fourth-order valence-corrected chi connectivity index (χ4v) is 3.86. The summed E-state index contributed by atoms with van der Waals surface area (Å²) in [7, 11) is 0. The molecule has 0 atom stereocenters. The minimum absolute atomic E-state index is 0.262. The fourth-order valence-electron chi connectivity index (χ4n) is 3.02. The van der Waals surface area contributed by atoms with Gasteiger partial charge in [-0.25, -0.2) is 14.6 Å². The summed E-state index contributed by atoms with van der Waals surface area (Å²) in [6, 6.07) is 15.0. The van der Waals surface area contributed by atoms with E-state index in [1.54, 1.807) is 35.1 Å².